The summed E-state index contributed by atoms with van der Waals surface area (Å²) in [6.45, 7) is 9.36. The topological polar surface area (TPSA) is 81.9 Å². The number of thioether (sulfide) groups is 2. The van der Waals surface area contributed by atoms with Crippen LogP contribution in [0.5, 0.6) is 0 Å². The number of carbonyl (C=O) groups excluding carboxylic acids is 1. The molecule has 1 saturated heterocycles. The number of thiophene rings is 1. The minimum atomic E-state index is -0.265. The van der Waals surface area contributed by atoms with Crippen LogP contribution in [0, 0.1) is 0 Å². The van der Waals surface area contributed by atoms with Gasteiger partial charge in [0.1, 0.15) is 4.83 Å². The quantitative estimate of drug-likeness (QED) is 0.394. The molecule has 0 N–H and O–H groups in total. The molecule has 2 aliphatic heterocycles. The van der Waals surface area contributed by atoms with Crippen molar-refractivity contribution >= 4 is 56.6 Å². The highest BCUT2D eigenvalue weighted by Gasteiger charge is 2.34. The number of carbonyl (C=O) groups is 1. The number of morpholine rings is 1. The standard InChI is InChI=1S/C21H27N5O3S3/c1-5-21(3)10-13-14(11-29-21)32-17-15(13)16-23-24-20(26(16)19(22-17)30-4)31-12(2)18(27)25-6-8-28-9-7-25/h12H,5-11H2,1-4H3/t12-,21+/m0/s1. The van der Waals surface area contributed by atoms with Gasteiger partial charge in [-0.25, -0.2) is 9.38 Å². The van der Waals surface area contributed by atoms with Crippen molar-refractivity contribution in [1.82, 2.24) is 24.5 Å². The molecule has 8 nitrogen and oxygen atoms in total. The van der Waals surface area contributed by atoms with Crippen LogP contribution in [0.1, 0.15) is 37.6 Å². The highest BCUT2D eigenvalue weighted by atomic mass is 32.2. The first-order chi connectivity index (χ1) is 15.4. The van der Waals surface area contributed by atoms with Crippen molar-refractivity contribution in [2.24, 2.45) is 0 Å². The van der Waals surface area contributed by atoms with E-state index in [1.165, 1.54) is 22.2 Å². The molecule has 0 aliphatic carbocycles. The van der Waals surface area contributed by atoms with E-state index in [0.717, 1.165) is 33.9 Å². The van der Waals surface area contributed by atoms with E-state index in [4.69, 9.17) is 14.5 Å². The maximum absolute atomic E-state index is 12.9. The van der Waals surface area contributed by atoms with Crippen LogP contribution >= 0.6 is 34.9 Å². The van der Waals surface area contributed by atoms with Gasteiger partial charge in [-0.3, -0.25) is 4.79 Å². The zero-order valence-electron chi connectivity index (χ0n) is 18.7. The van der Waals surface area contributed by atoms with E-state index in [0.29, 0.717) is 38.1 Å². The number of amides is 1. The summed E-state index contributed by atoms with van der Waals surface area (Å²) in [6, 6.07) is 0. The van der Waals surface area contributed by atoms with E-state index in [-0.39, 0.29) is 16.8 Å². The Labute approximate surface area is 199 Å². The summed E-state index contributed by atoms with van der Waals surface area (Å²) in [5, 5.41) is 11.5. The van der Waals surface area contributed by atoms with Crippen LogP contribution in [0.4, 0.5) is 0 Å². The molecule has 2 atom stereocenters. The lowest BCUT2D eigenvalue weighted by Gasteiger charge is -2.33. The van der Waals surface area contributed by atoms with Crippen molar-refractivity contribution in [2.75, 3.05) is 32.6 Å². The predicted octanol–water partition coefficient (Wildman–Crippen LogP) is 3.64. The summed E-state index contributed by atoms with van der Waals surface area (Å²) in [5.74, 6) is 0.110. The second-order valence-electron chi connectivity index (χ2n) is 8.39. The third-order valence-corrected chi connectivity index (χ3v) is 9.07. The number of hydrogen-bond acceptors (Lipinski definition) is 9. The summed E-state index contributed by atoms with van der Waals surface area (Å²) in [4.78, 5) is 22.0. The van der Waals surface area contributed by atoms with Gasteiger partial charge in [-0.15, -0.1) is 21.5 Å². The van der Waals surface area contributed by atoms with E-state index in [9.17, 15) is 4.79 Å². The van der Waals surface area contributed by atoms with Crippen LogP contribution in [-0.2, 0) is 27.3 Å². The van der Waals surface area contributed by atoms with Gasteiger partial charge in [0.25, 0.3) is 0 Å². The summed E-state index contributed by atoms with van der Waals surface area (Å²) in [6.07, 6.45) is 3.80. The van der Waals surface area contributed by atoms with Crippen LogP contribution in [-0.4, -0.2) is 73.8 Å². The lowest BCUT2D eigenvalue weighted by atomic mass is 9.90. The molecule has 172 valence electrons. The maximum Gasteiger partial charge on any atom is 0.236 e. The Morgan fingerprint density at radius 2 is 2.06 bits per heavy atom. The number of ether oxygens (including phenoxy) is 2. The predicted molar refractivity (Wildman–Crippen MR) is 128 cm³/mol. The Hall–Kier alpha value is -1.40. The first kappa shape index (κ1) is 22.4. The Balaban J connectivity index is 1.55. The van der Waals surface area contributed by atoms with Gasteiger partial charge in [-0.2, -0.15) is 0 Å². The molecule has 0 bridgehead atoms. The Morgan fingerprint density at radius 3 is 2.78 bits per heavy atom. The van der Waals surface area contributed by atoms with Crippen LogP contribution in [0.15, 0.2) is 10.3 Å². The van der Waals surface area contributed by atoms with Gasteiger partial charge >= 0.3 is 0 Å². The molecular formula is C21H27N5O3S3. The molecule has 0 radical (unpaired) electrons. The van der Waals surface area contributed by atoms with Crippen LogP contribution < -0.4 is 0 Å². The minimum absolute atomic E-state index is 0.110. The van der Waals surface area contributed by atoms with Crippen molar-refractivity contribution in [1.29, 1.82) is 0 Å². The van der Waals surface area contributed by atoms with Gasteiger partial charge in [0, 0.05) is 24.4 Å². The monoisotopic (exact) mass is 493 g/mol. The lowest BCUT2D eigenvalue weighted by Crippen LogP contribution is -2.44. The molecule has 3 aromatic heterocycles. The summed E-state index contributed by atoms with van der Waals surface area (Å²) >= 11 is 4.71. The highest BCUT2D eigenvalue weighted by molar-refractivity contribution is 8.00. The van der Waals surface area contributed by atoms with E-state index >= 15 is 0 Å². The molecule has 32 heavy (non-hydrogen) atoms. The van der Waals surface area contributed by atoms with E-state index < -0.39 is 0 Å². The van der Waals surface area contributed by atoms with Crippen molar-refractivity contribution in [2.45, 2.75) is 61.4 Å². The van der Waals surface area contributed by atoms with Crippen LogP contribution in [0.3, 0.4) is 0 Å². The first-order valence-corrected chi connectivity index (χ1v) is 13.8. The van der Waals surface area contributed by atoms with Crippen molar-refractivity contribution < 1.29 is 14.3 Å². The minimum Gasteiger partial charge on any atom is -0.378 e. The largest absolute Gasteiger partial charge is 0.378 e. The molecule has 2 aliphatic rings. The number of fused-ring (bicyclic) bond motifs is 5. The number of aromatic nitrogens is 4. The number of hydrogen-bond donors (Lipinski definition) is 0. The fraction of sp³-hybridized carbons (Fsp3) is 0.619. The van der Waals surface area contributed by atoms with Gasteiger partial charge in [0.15, 0.2) is 16.0 Å². The lowest BCUT2D eigenvalue weighted by molar-refractivity contribution is -0.134. The molecule has 0 unspecified atom stereocenters. The average Bonchev–Trinajstić information content (AvgIpc) is 3.39. The van der Waals surface area contributed by atoms with E-state index in [1.807, 2.05) is 22.5 Å². The summed E-state index contributed by atoms with van der Waals surface area (Å²) in [7, 11) is 0. The zero-order chi connectivity index (χ0) is 22.5. The molecule has 11 heteroatoms. The SMILES string of the molecule is CC[C@]1(C)Cc2c(sc3nc(SC)n4c(S[C@@H](C)C(=O)N5CCOCC5)nnc4c23)CO1. The zero-order valence-corrected chi connectivity index (χ0v) is 21.2. The Kier molecular flexibility index (Phi) is 6.12. The molecule has 5 heterocycles. The van der Waals surface area contributed by atoms with Crippen LogP contribution in [0.2, 0.25) is 0 Å². The van der Waals surface area contributed by atoms with Gasteiger partial charge < -0.3 is 14.4 Å². The average molecular weight is 494 g/mol. The number of nitrogens with zero attached hydrogens (tertiary/aromatic N) is 5. The van der Waals surface area contributed by atoms with Crippen LogP contribution in [0.25, 0.3) is 15.9 Å². The maximum atomic E-state index is 12.9. The molecule has 0 saturated carbocycles. The first-order valence-electron chi connectivity index (χ1n) is 10.8. The second-order valence-corrected chi connectivity index (χ2v) is 11.6. The van der Waals surface area contributed by atoms with Gasteiger partial charge in [-0.05, 0) is 32.1 Å². The van der Waals surface area contributed by atoms with E-state index in [1.54, 1.807) is 23.1 Å². The molecule has 0 aromatic carbocycles. The third-order valence-electron chi connectivity index (χ3n) is 6.30. The third kappa shape index (κ3) is 3.81. The molecular weight excluding hydrogens is 466 g/mol. The Bertz CT molecular complexity index is 1170. The van der Waals surface area contributed by atoms with Crippen molar-refractivity contribution in [3.05, 3.63) is 10.4 Å². The fourth-order valence-corrected chi connectivity index (χ4v) is 6.89. The second kappa shape index (κ2) is 8.75. The van der Waals surface area contributed by atoms with E-state index in [2.05, 4.69) is 24.0 Å². The van der Waals surface area contributed by atoms with Crippen molar-refractivity contribution in [3.63, 3.8) is 0 Å². The molecule has 5 rings (SSSR count). The summed E-state index contributed by atoms with van der Waals surface area (Å²) < 4.78 is 13.6. The normalized spacial score (nSPS) is 22.4. The molecule has 1 amide bonds. The molecule has 3 aromatic rings. The fourth-order valence-electron chi connectivity index (χ4n) is 4.21. The van der Waals surface area contributed by atoms with Gasteiger partial charge in [0.2, 0.25) is 5.91 Å². The highest BCUT2D eigenvalue weighted by Crippen LogP contribution is 2.42. The number of rotatable bonds is 5. The van der Waals surface area contributed by atoms with Gasteiger partial charge in [-0.1, -0.05) is 30.4 Å². The Morgan fingerprint density at radius 1 is 1.28 bits per heavy atom. The molecule has 0 spiro atoms. The van der Waals surface area contributed by atoms with Crippen molar-refractivity contribution in [3.8, 4) is 0 Å². The summed E-state index contributed by atoms with van der Waals surface area (Å²) in [5.41, 5.74) is 1.94. The smallest absolute Gasteiger partial charge is 0.236 e. The van der Waals surface area contributed by atoms with Gasteiger partial charge in [0.05, 0.1) is 36.1 Å². The molecule has 1 fully saturated rings.